The molecule has 4 nitrogen and oxygen atoms in total. The second kappa shape index (κ2) is 6.29. The molecule has 0 aliphatic rings. The zero-order valence-electron chi connectivity index (χ0n) is 11.5. The Morgan fingerprint density at radius 2 is 2.00 bits per heavy atom. The van der Waals surface area contributed by atoms with Gasteiger partial charge >= 0.3 is 0 Å². The van der Waals surface area contributed by atoms with Crippen LogP contribution in [0.5, 0.6) is 11.5 Å². The Hall–Kier alpha value is -1.94. The quantitative estimate of drug-likeness (QED) is 0.868. The Kier molecular flexibility index (Phi) is 4.47. The van der Waals surface area contributed by atoms with Crippen molar-refractivity contribution in [3.63, 3.8) is 0 Å². The van der Waals surface area contributed by atoms with Crippen LogP contribution in [0.1, 0.15) is 17.1 Å². The van der Waals surface area contributed by atoms with Crippen LogP contribution in [0.3, 0.4) is 0 Å². The van der Waals surface area contributed by atoms with Crippen molar-refractivity contribution in [2.45, 2.75) is 20.1 Å². The van der Waals surface area contributed by atoms with Gasteiger partial charge in [-0.3, -0.25) is 0 Å². The number of furan rings is 1. The lowest BCUT2D eigenvalue weighted by Crippen LogP contribution is -2.03. The molecule has 0 unspecified atom stereocenters. The van der Waals surface area contributed by atoms with Crippen molar-refractivity contribution in [1.82, 2.24) is 5.32 Å². The zero-order valence-corrected chi connectivity index (χ0v) is 11.5. The highest BCUT2D eigenvalue weighted by Gasteiger charge is 2.07. The zero-order chi connectivity index (χ0) is 13.7. The van der Waals surface area contributed by atoms with Crippen molar-refractivity contribution in [2.24, 2.45) is 0 Å². The van der Waals surface area contributed by atoms with E-state index in [1.54, 1.807) is 7.11 Å². The molecule has 0 atom stereocenters. The summed E-state index contributed by atoms with van der Waals surface area (Å²) in [6, 6.07) is 9.59. The fraction of sp³-hybridized carbons (Fsp3) is 0.333. The lowest BCUT2D eigenvalue weighted by atomic mass is 10.2. The van der Waals surface area contributed by atoms with Gasteiger partial charge in [0.25, 0.3) is 0 Å². The molecular weight excluding hydrogens is 242 g/mol. The van der Waals surface area contributed by atoms with E-state index in [4.69, 9.17) is 13.9 Å². The Morgan fingerprint density at radius 1 is 1.21 bits per heavy atom. The maximum Gasteiger partial charge on any atom is 0.123 e. The number of hydrogen-bond donors (Lipinski definition) is 1. The molecule has 0 aliphatic heterocycles. The van der Waals surface area contributed by atoms with Gasteiger partial charge in [-0.1, -0.05) is 6.07 Å². The average Bonchev–Trinajstić information content (AvgIpc) is 2.77. The van der Waals surface area contributed by atoms with Crippen LogP contribution in [0.25, 0.3) is 0 Å². The van der Waals surface area contributed by atoms with Crippen LogP contribution in [0.4, 0.5) is 0 Å². The van der Waals surface area contributed by atoms with Crippen LogP contribution in [-0.4, -0.2) is 14.2 Å². The molecule has 0 aliphatic carbocycles. The highest BCUT2D eigenvalue weighted by Crippen LogP contribution is 2.21. The Balaban J connectivity index is 2.01. The van der Waals surface area contributed by atoms with Crippen LogP contribution in [0.2, 0.25) is 0 Å². The van der Waals surface area contributed by atoms with E-state index in [2.05, 4.69) is 5.32 Å². The monoisotopic (exact) mass is 261 g/mol. The van der Waals surface area contributed by atoms with Gasteiger partial charge in [-0.2, -0.15) is 0 Å². The number of methoxy groups -OCH3 is 1. The third kappa shape index (κ3) is 3.51. The molecule has 0 amide bonds. The molecule has 2 aromatic rings. The third-order valence-corrected chi connectivity index (χ3v) is 2.86. The first-order chi connectivity index (χ1) is 9.22. The fourth-order valence-electron chi connectivity index (χ4n) is 1.84. The molecule has 1 heterocycles. The molecule has 2 rings (SSSR count). The largest absolute Gasteiger partial charge is 0.497 e. The number of ether oxygens (including phenoxy) is 2. The summed E-state index contributed by atoms with van der Waals surface area (Å²) in [5, 5.41) is 3.06. The number of rotatable bonds is 6. The first-order valence-corrected chi connectivity index (χ1v) is 6.22. The van der Waals surface area contributed by atoms with E-state index in [1.807, 2.05) is 44.3 Å². The van der Waals surface area contributed by atoms with E-state index >= 15 is 0 Å². The number of nitrogens with one attached hydrogen (secondary N) is 1. The minimum Gasteiger partial charge on any atom is -0.497 e. The normalized spacial score (nSPS) is 10.5. The van der Waals surface area contributed by atoms with E-state index in [1.165, 1.54) is 0 Å². The molecule has 102 valence electrons. The molecular formula is C15H19NO3. The minimum atomic E-state index is 0.492. The smallest absolute Gasteiger partial charge is 0.123 e. The Morgan fingerprint density at radius 3 is 2.74 bits per heavy atom. The summed E-state index contributed by atoms with van der Waals surface area (Å²) in [5.41, 5.74) is 1.06. The third-order valence-electron chi connectivity index (χ3n) is 2.86. The maximum absolute atomic E-state index is 5.75. The van der Waals surface area contributed by atoms with E-state index in [-0.39, 0.29) is 0 Å². The van der Waals surface area contributed by atoms with E-state index in [9.17, 15) is 0 Å². The lowest BCUT2D eigenvalue weighted by molar-refractivity contribution is 0.300. The molecule has 0 fully saturated rings. The molecule has 0 radical (unpaired) electrons. The standard InChI is InChI=1S/C15H19NO3/c1-11-12(7-15(19-11)9-16-2)10-18-14-6-4-5-13(8-14)17-3/h4-8,16H,9-10H2,1-3H3. The molecule has 1 aromatic heterocycles. The summed E-state index contributed by atoms with van der Waals surface area (Å²) in [4.78, 5) is 0. The molecule has 0 bridgehead atoms. The van der Waals surface area contributed by atoms with Gasteiger partial charge in [-0.15, -0.1) is 0 Å². The SMILES string of the molecule is CNCc1cc(COc2cccc(OC)c2)c(C)o1. The summed E-state index contributed by atoms with van der Waals surface area (Å²) in [7, 11) is 3.54. The second-order valence-corrected chi connectivity index (χ2v) is 4.29. The van der Waals surface area contributed by atoms with Crippen LogP contribution >= 0.6 is 0 Å². The van der Waals surface area contributed by atoms with E-state index in [0.717, 1.165) is 35.1 Å². The maximum atomic E-state index is 5.75. The van der Waals surface area contributed by atoms with Crippen LogP contribution < -0.4 is 14.8 Å². The summed E-state index contributed by atoms with van der Waals surface area (Å²) in [5.74, 6) is 3.39. The van der Waals surface area contributed by atoms with Gasteiger partial charge in [-0.05, 0) is 32.2 Å². The summed E-state index contributed by atoms with van der Waals surface area (Å²) < 4.78 is 16.5. The number of hydrogen-bond acceptors (Lipinski definition) is 4. The molecule has 0 spiro atoms. The van der Waals surface area contributed by atoms with Crippen LogP contribution in [0, 0.1) is 6.92 Å². The van der Waals surface area contributed by atoms with Gasteiger partial charge in [0, 0.05) is 11.6 Å². The van der Waals surface area contributed by atoms with E-state index in [0.29, 0.717) is 6.61 Å². The first-order valence-electron chi connectivity index (χ1n) is 6.22. The van der Waals surface area contributed by atoms with Crippen molar-refractivity contribution >= 4 is 0 Å². The van der Waals surface area contributed by atoms with Gasteiger partial charge in [0.1, 0.15) is 29.6 Å². The van der Waals surface area contributed by atoms with Crippen molar-refractivity contribution in [3.8, 4) is 11.5 Å². The molecule has 19 heavy (non-hydrogen) atoms. The molecule has 0 saturated carbocycles. The fourth-order valence-corrected chi connectivity index (χ4v) is 1.84. The lowest BCUT2D eigenvalue weighted by Gasteiger charge is -2.06. The Bertz CT molecular complexity index is 534. The molecule has 0 saturated heterocycles. The number of benzene rings is 1. The van der Waals surface area contributed by atoms with Gasteiger partial charge in [0.2, 0.25) is 0 Å². The highest BCUT2D eigenvalue weighted by molar-refractivity contribution is 5.33. The minimum absolute atomic E-state index is 0.492. The van der Waals surface area contributed by atoms with Crippen molar-refractivity contribution in [1.29, 1.82) is 0 Å². The molecule has 1 aromatic carbocycles. The predicted molar refractivity (Wildman–Crippen MR) is 73.5 cm³/mol. The van der Waals surface area contributed by atoms with Crippen molar-refractivity contribution < 1.29 is 13.9 Å². The topological polar surface area (TPSA) is 43.6 Å². The summed E-state index contributed by atoms with van der Waals surface area (Å²) in [6.45, 7) is 3.16. The van der Waals surface area contributed by atoms with Gasteiger partial charge in [-0.25, -0.2) is 0 Å². The predicted octanol–water partition coefficient (Wildman–Crippen LogP) is 2.90. The highest BCUT2D eigenvalue weighted by atomic mass is 16.5. The van der Waals surface area contributed by atoms with Crippen LogP contribution in [0.15, 0.2) is 34.7 Å². The second-order valence-electron chi connectivity index (χ2n) is 4.29. The first kappa shape index (κ1) is 13.5. The van der Waals surface area contributed by atoms with Crippen LogP contribution in [-0.2, 0) is 13.2 Å². The molecule has 4 heteroatoms. The average molecular weight is 261 g/mol. The Labute approximate surface area is 113 Å². The number of aryl methyl sites for hydroxylation is 1. The van der Waals surface area contributed by atoms with Gasteiger partial charge in [0.05, 0.1) is 13.7 Å². The van der Waals surface area contributed by atoms with Gasteiger partial charge in [0.15, 0.2) is 0 Å². The van der Waals surface area contributed by atoms with Gasteiger partial charge < -0.3 is 19.2 Å². The molecule has 1 N–H and O–H groups in total. The van der Waals surface area contributed by atoms with Crippen molar-refractivity contribution in [2.75, 3.05) is 14.2 Å². The summed E-state index contributed by atoms with van der Waals surface area (Å²) >= 11 is 0. The van der Waals surface area contributed by atoms with E-state index < -0.39 is 0 Å². The summed E-state index contributed by atoms with van der Waals surface area (Å²) in [6.07, 6.45) is 0. The van der Waals surface area contributed by atoms with Crippen molar-refractivity contribution in [3.05, 3.63) is 47.4 Å².